The van der Waals surface area contributed by atoms with Gasteiger partial charge < -0.3 is 19.8 Å². The third-order valence-electron chi connectivity index (χ3n) is 3.06. The third kappa shape index (κ3) is 2.93. The van der Waals surface area contributed by atoms with Crippen molar-refractivity contribution in [2.45, 2.75) is 6.54 Å². The molecule has 0 aliphatic heterocycles. The predicted octanol–water partition coefficient (Wildman–Crippen LogP) is 2.11. The van der Waals surface area contributed by atoms with E-state index in [1.54, 1.807) is 29.6 Å². The Bertz CT molecular complexity index is 671. The van der Waals surface area contributed by atoms with E-state index in [4.69, 9.17) is 4.74 Å². The highest BCUT2D eigenvalue weighted by molar-refractivity contribution is 5.54. The first-order chi connectivity index (χ1) is 9.93. The third-order valence-corrected chi connectivity index (χ3v) is 3.06. The van der Waals surface area contributed by atoms with Crippen LogP contribution < -0.4 is 9.64 Å². The first-order valence-corrected chi connectivity index (χ1v) is 6.13. The maximum atomic E-state index is 13.7. The van der Waals surface area contributed by atoms with Gasteiger partial charge in [-0.25, -0.2) is 4.39 Å². The van der Waals surface area contributed by atoms with Crippen LogP contribution in [0.25, 0.3) is 0 Å². The molecule has 0 unspecified atom stereocenters. The number of benzene rings is 1. The molecule has 2 aromatic rings. The van der Waals surface area contributed by atoms with Gasteiger partial charge in [0.05, 0.1) is 7.11 Å². The lowest BCUT2D eigenvalue weighted by atomic mass is 10.2. The standard InChI is InChI=1S/C13H15FN4O3/c1-16(13-12(18(19)20)15-8-17(13)2)7-9-4-5-11(21-3)10(14)6-9/h4-6,8H,7H2,1-3H3. The Labute approximate surface area is 120 Å². The fourth-order valence-electron chi connectivity index (χ4n) is 2.14. The number of anilines is 1. The van der Waals surface area contributed by atoms with Gasteiger partial charge in [-0.2, -0.15) is 0 Å². The van der Waals surface area contributed by atoms with Crippen molar-refractivity contribution in [2.75, 3.05) is 19.1 Å². The highest BCUT2D eigenvalue weighted by Crippen LogP contribution is 2.26. The van der Waals surface area contributed by atoms with Gasteiger partial charge in [-0.05, 0) is 27.6 Å². The molecule has 0 aliphatic rings. The molecule has 1 heterocycles. The van der Waals surface area contributed by atoms with Crippen molar-refractivity contribution < 1.29 is 14.1 Å². The SMILES string of the molecule is COc1ccc(CN(C)c2c([N+](=O)[O-])ncn2C)cc1F. The van der Waals surface area contributed by atoms with E-state index in [-0.39, 0.29) is 11.6 Å². The van der Waals surface area contributed by atoms with Crippen molar-refractivity contribution in [2.24, 2.45) is 7.05 Å². The summed E-state index contributed by atoms with van der Waals surface area (Å²) in [5.41, 5.74) is 0.672. The van der Waals surface area contributed by atoms with E-state index in [1.165, 1.54) is 25.6 Å². The molecule has 0 saturated heterocycles. The highest BCUT2D eigenvalue weighted by atomic mass is 19.1. The molecule has 0 fully saturated rings. The number of rotatable bonds is 5. The molecule has 7 nitrogen and oxygen atoms in total. The summed E-state index contributed by atoms with van der Waals surface area (Å²) in [5, 5.41) is 11.0. The number of halogens is 1. The van der Waals surface area contributed by atoms with Gasteiger partial charge in [-0.15, -0.1) is 0 Å². The Morgan fingerprint density at radius 2 is 2.24 bits per heavy atom. The van der Waals surface area contributed by atoms with Crippen LogP contribution in [0.4, 0.5) is 16.0 Å². The minimum atomic E-state index is -0.541. The van der Waals surface area contributed by atoms with Gasteiger partial charge in [0.2, 0.25) is 12.1 Å². The molecule has 0 bridgehead atoms. The first kappa shape index (κ1) is 14.8. The Balaban J connectivity index is 2.26. The van der Waals surface area contributed by atoms with Gasteiger partial charge >= 0.3 is 5.82 Å². The molecule has 0 N–H and O–H groups in total. The van der Waals surface area contributed by atoms with Crippen molar-refractivity contribution in [1.29, 1.82) is 0 Å². The molecule has 0 atom stereocenters. The molecule has 0 aliphatic carbocycles. The minimum Gasteiger partial charge on any atom is -0.494 e. The lowest BCUT2D eigenvalue weighted by Crippen LogP contribution is -2.20. The zero-order valence-electron chi connectivity index (χ0n) is 11.9. The lowest BCUT2D eigenvalue weighted by Gasteiger charge is -2.18. The topological polar surface area (TPSA) is 73.4 Å². The van der Waals surface area contributed by atoms with Crippen LogP contribution in [0.1, 0.15) is 5.56 Å². The van der Waals surface area contributed by atoms with Gasteiger partial charge in [-0.3, -0.25) is 4.57 Å². The maximum absolute atomic E-state index is 13.7. The average Bonchev–Trinajstić information content (AvgIpc) is 2.81. The van der Waals surface area contributed by atoms with E-state index >= 15 is 0 Å². The van der Waals surface area contributed by atoms with Crippen LogP contribution in [-0.2, 0) is 13.6 Å². The van der Waals surface area contributed by atoms with E-state index in [9.17, 15) is 14.5 Å². The number of ether oxygens (including phenoxy) is 1. The van der Waals surface area contributed by atoms with Gasteiger partial charge in [0.25, 0.3) is 0 Å². The van der Waals surface area contributed by atoms with Gasteiger partial charge in [0.15, 0.2) is 11.6 Å². The smallest absolute Gasteiger partial charge is 0.406 e. The molecule has 0 saturated carbocycles. The molecule has 0 spiro atoms. The van der Waals surface area contributed by atoms with E-state index in [2.05, 4.69) is 4.98 Å². The largest absolute Gasteiger partial charge is 0.494 e. The highest BCUT2D eigenvalue weighted by Gasteiger charge is 2.23. The minimum absolute atomic E-state index is 0.160. The van der Waals surface area contributed by atoms with Crippen molar-refractivity contribution in [3.05, 3.63) is 46.0 Å². The number of aryl methyl sites for hydroxylation is 1. The summed E-state index contributed by atoms with van der Waals surface area (Å²) >= 11 is 0. The second-order valence-electron chi connectivity index (χ2n) is 4.58. The van der Waals surface area contributed by atoms with Crippen LogP contribution in [0.15, 0.2) is 24.5 Å². The Morgan fingerprint density at radius 3 is 2.81 bits per heavy atom. The zero-order valence-corrected chi connectivity index (χ0v) is 11.9. The summed E-state index contributed by atoms with van der Waals surface area (Å²) in [5.74, 6) is -0.180. The van der Waals surface area contributed by atoms with Crippen molar-refractivity contribution in [1.82, 2.24) is 9.55 Å². The Hall–Kier alpha value is -2.64. The molecule has 0 radical (unpaired) electrons. The fraction of sp³-hybridized carbons (Fsp3) is 0.308. The summed E-state index contributed by atoms with van der Waals surface area (Å²) in [6, 6.07) is 4.58. The number of nitrogens with zero attached hydrogens (tertiary/aromatic N) is 4. The van der Waals surface area contributed by atoms with Gasteiger partial charge in [0.1, 0.15) is 0 Å². The van der Waals surface area contributed by atoms with Crippen molar-refractivity contribution in [3.8, 4) is 5.75 Å². The molecule has 1 aromatic heterocycles. The maximum Gasteiger partial charge on any atom is 0.406 e. The predicted molar refractivity (Wildman–Crippen MR) is 74.9 cm³/mol. The number of nitro groups is 1. The fourth-order valence-corrected chi connectivity index (χ4v) is 2.14. The summed E-state index contributed by atoms with van der Waals surface area (Å²) in [7, 11) is 4.75. The van der Waals surface area contributed by atoms with Crippen LogP contribution in [0.5, 0.6) is 5.75 Å². The van der Waals surface area contributed by atoms with Crippen LogP contribution in [-0.4, -0.2) is 28.6 Å². The number of aromatic nitrogens is 2. The summed E-state index contributed by atoms with van der Waals surface area (Å²) in [4.78, 5) is 15.8. The molecule has 0 amide bonds. The van der Waals surface area contributed by atoms with Crippen LogP contribution in [0.2, 0.25) is 0 Å². The first-order valence-electron chi connectivity index (χ1n) is 6.13. The van der Waals surface area contributed by atoms with Crippen LogP contribution >= 0.6 is 0 Å². The Kier molecular flexibility index (Phi) is 4.06. The van der Waals surface area contributed by atoms with E-state index < -0.39 is 10.7 Å². The molecule has 8 heteroatoms. The number of hydrogen-bond donors (Lipinski definition) is 0. The van der Waals surface area contributed by atoms with Crippen molar-refractivity contribution in [3.63, 3.8) is 0 Å². The molecular formula is C13H15FN4O3. The van der Waals surface area contributed by atoms with E-state index in [0.717, 1.165) is 0 Å². The Morgan fingerprint density at radius 1 is 1.52 bits per heavy atom. The quantitative estimate of drug-likeness (QED) is 0.623. The second kappa shape index (κ2) is 5.78. The number of hydrogen-bond acceptors (Lipinski definition) is 5. The van der Waals surface area contributed by atoms with Crippen LogP contribution in [0, 0.1) is 15.9 Å². The summed E-state index contributed by atoms with van der Waals surface area (Å²) in [6.07, 6.45) is 1.37. The lowest BCUT2D eigenvalue weighted by molar-refractivity contribution is -0.388. The molecular weight excluding hydrogens is 279 g/mol. The normalized spacial score (nSPS) is 10.5. The summed E-state index contributed by atoms with van der Waals surface area (Å²) in [6.45, 7) is 0.307. The molecule has 112 valence electrons. The van der Waals surface area contributed by atoms with Crippen molar-refractivity contribution >= 4 is 11.6 Å². The van der Waals surface area contributed by atoms with Crippen LogP contribution in [0.3, 0.4) is 0 Å². The van der Waals surface area contributed by atoms with E-state index in [0.29, 0.717) is 17.9 Å². The average molecular weight is 294 g/mol. The van der Waals surface area contributed by atoms with E-state index in [1.807, 2.05) is 0 Å². The zero-order chi connectivity index (χ0) is 15.6. The molecule has 2 rings (SSSR count). The monoisotopic (exact) mass is 294 g/mol. The van der Waals surface area contributed by atoms with Gasteiger partial charge in [-0.1, -0.05) is 6.07 Å². The molecule has 21 heavy (non-hydrogen) atoms. The summed E-state index contributed by atoms with van der Waals surface area (Å²) < 4.78 is 20.1. The second-order valence-corrected chi connectivity index (χ2v) is 4.58. The molecule has 1 aromatic carbocycles. The number of imidazole rings is 1. The van der Waals surface area contributed by atoms with Gasteiger partial charge in [0, 0.05) is 20.6 Å². The number of methoxy groups -OCH3 is 1.